The Hall–Kier alpha value is -3.03. The van der Waals surface area contributed by atoms with Gasteiger partial charge < -0.3 is 9.47 Å². The standard InChI is InChI=1S/C16H19N5O3/c1-5-20-9-12(10(2)19-20)15-17-18-16(22)21(15)11-6-7-13(23-3)14(8-11)24-4/h6-9H,5H2,1-4H3,(H,18,22). The van der Waals surface area contributed by atoms with Gasteiger partial charge in [0.15, 0.2) is 17.3 Å². The first kappa shape index (κ1) is 15.9. The molecular formula is C16H19N5O3. The van der Waals surface area contributed by atoms with Crippen molar-refractivity contribution >= 4 is 0 Å². The van der Waals surface area contributed by atoms with E-state index in [1.807, 2.05) is 24.7 Å². The maximum atomic E-state index is 12.3. The van der Waals surface area contributed by atoms with Crippen LogP contribution < -0.4 is 15.2 Å². The number of hydrogen-bond donors (Lipinski definition) is 1. The first-order chi connectivity index (χ1) is 11.6. The zero-order chi connectivity index (χ0) is 17.3. The van der Waals surface area contributed by atoms with Crippen molar-refractivity contribution in [3.05, 3.63) is 40.6 Å². The second-order valence-corrected chi connectivity index (χ2v) is 5.21. The van der Waals surface area contributed by atoms with E-state index in [-0.39, 0.29) is 5.69 Å². The molecule has 8 nitrogen and oxygen atoms in total. The molecule has 0 fully saturated rings. The number of nitrogens with one attached hydrogen (secondary N) is 1. The van der Waals surface area contributed by atoms with E-state index in [0.717, 1.165) is 17.8 Å². The van der Waals surface area contributed by atoms with Gasteiger partial charge in [0, 0.05) is 18.8 Å². The molecule has 2 aromatic heterocycles. The molecule has 0 saturated heterocycles. The number of nitrogens with zero attached hydrogens (tertiary/aromatic N) is 4. The van der Waals surface area contributed by atoms with Crippen LogP contribution in [0, 0.1) is 6.92 Å². The number of methoxy groups -OCH3 is 2. The number of aromatic amines is 1. The van der Waals surface area contributed by atoms with Crippen LogP contribution in [0.15, 0.2) is 29.2 Å². The molecule has 0 unspecified atom stereocenters. The highest BCUT2D eigenvalue weighted by Gasteiger charge is 2.18. The van der Waals surface area contributed by atoms with Gasteiger partial charge in [-0.25, -0.2) is 14.5 Å². The topological polar surface area (TPSA) is 87.0 Å². The molecule has 126 valence electrons. The fourth-order valence-electron chi connectivity index (χ4n) is 2.58. The quantitative estimate of drug-likeness (QED) is 0.771. The molecule has 0 amide bonds. The Balaban J connectivity index is 2.18. The zero-order valence-electron chi connectivity index (χ0n) is 14.0. The molecule has 0 saturated carbocycles. The van der Waals surface area contributed by atoms with Crippen molar-refractivity contribution < 1.29 is 9.47 Å². The molecule has 0 bridgehead atoms. The van der Waals surface area contributed by atoms with Gasteiger partial charge in [-0.1, -0.05) is 0 Å². The van der Waals surface area contributed by atoms with Crippen LogP contribution in [-0.4, -0.2) is 38.8 Å². The number of ether oxygens (including phenoxy) is 2. The fourth-order valence-corrected chi connectivity index (χ4v) is 2.58. The SMILES string of the molecule is CCn1cc(-c2n[nH]c(=O)n2-c2ccc(OC)c(OC)c2)c(C)n1. The van der Waals surface area contributed by atoms with Crippen LogP contribution in [0.2, 0.25) is 0 Å². The number of rotatable bonds is 5. The zero-order valence-corrected chi connectivity index (χ0v) is 14.0. The average Bonchev–Trinajstić information content (AvgIpc) is 3.16. The van der Waals surface area contributed by atoms with Gasteiger partial charge in [0.25, 0.3) is 0 Å². The third kappa shape index (κ3) is 2.55. The summed E-state index contributed by atoms with van der Waals surface area (Å²) in [6.45, 7) is 4.63. The summed E-state index contributed by atoms with van der Waals surface area (Å²) in [6.07, 6.45) is 1.88. The predicted octanol–water partition coefficient (Wildman–Crippen LogP) is 1.77. The summed E-state index contributed by atoms with van der Waals surface area (Å²) in [7, 11) is 3.12. The number of H-pyrrole nitrogens is 1. The van der Waals surface area contributed by atoms with Gasteiger partial charge in [-0.15, -0.1) is 0 Å². The number of benzene rings is 1. The Morgan fingerprint density at radius 3 is 2.58 bits per heavy atom. The molecular weight excluding hydrogens is 310 g/mol. The molecule has 0 radical (unpaired) electrons. The maximum absolute atomic E-state index is 12.3. The lowest BCUT2D eigenvalue weighted by Gasteiger charge is -2.10. The molecule has 2 heterocycles. The highest BCUT2D eigenvalue weighted by molar-refractivity contribution is 5.61. The van der Waals surface area contributed by atoms with Crippen LogP contribution >= 0.6 is 0 Å². The lowest BCUT2D eigenvalue weighted by molar-refractivity contribution is 0.355. The third-order valence-corrected chi connectivity index (χ3v) is 3.81. The van der Waals surface area contributed by atoms with Gasteiger partial charge in [0.2, 0.25) is 0 Å². The molecule has 0 atom stereocenters. The molecule has 0 aliphatic rings. The van der Waals surface area contributed by atoms with Crippen LogP contribution in [0.4, 0.5) is 0 Å². The van der Waals surface area contributed by atoms with E-state index in [2.05, 4.69) is 15.3 Å². The van der Waals surface area contributed by atoms with Gasteiger partial charge in [0.1, 0.15) is 0 Å². The summed E-state index contributed by atoms with van der Waals surface area (Å²) in [6, 6.07) is 5.26. The minimum absolute atomic E-state index is 0.333. The Kier molecular flexibility index (Phi) is 4.11. The Labute approximate surface area is 138 Å². The average molecular weight is 329 g/mol. The molecule has 0 aliphatic heterocycles. The fraction of sp³-hybridized carbons (Fsp3) is 0.312. The molecule has 1 N–H and O–H groups in total. The van der Waals surface area contributed by atoms with Crippen LogP contribution in [0.1, 0.15) is 12.6 Å². The minimum atomic E-state index is -0.333. The van der Waals surface area contributed by atoms with Crippen molar-refractivity contribution in [1.82, 2.24) is 24.5 Å². The summed E-state index contributed by atoms with van der Waals surface area (Å²) in [4.78, 5) is 12.3. The molecule has 3 rings (SSSR count). The second kappa shape index (κ2) is 6.23. The minimum Gasteiger partial charge on any atom is -0.493 e. The molecule has 0 aliphatic carbocycles. The van der Waals surface area contributed by atoms with Gasteiger partial charge >= 0.3 is 5.69 Å². The smallest absolute Gasteiger partial charge is 0.348 e. The Morgan fingerprint density at radius 1 is 1.21 bits per heavy atom. The van der Waals surface area contributed by atoms with E-state index in [1.54, 1.807) is 32.4 Å². The van der Waals surface area contributed by atoms with Crippen molar-refractivity contribution in [3.8, 4) is 28.6 Å². The summed E-state index contributed by atoms with van der Waals surface area (Å²) in [5.74, 6) is 1.63. The van der Waals surface area contributed by atoms with E-state index in [1.165, 1.54) is 4.57 Å². The largest absolute Gasteiger partial charge is 0.493 e. The second-order valence-electron chi connectivity index (χ2n) is 5.21. The number of hydrogen-bond acceptors (Lipinski definition) is 5. The van der Waals surface area contributed by atoms with Crippen molar-refractivity contribution in [3.63, 3.8) is 0 Å². The van der Waals surface area contributed by atoms with Crippen molar-refractivity contribution in [1.29, 1.82) is 0 Å². The molecule has 1 aromatic carbocycles. The monoisotopic (exact) mass is 329 g/mol. The molecule has 0 spiro atoms. The summed E-state index contributed by atoms with van der Waals surface area (Å²) in [5.41, 5.74) is 1.90. The van der Waals surface area contributed by atoms with Crippen LogP contribution in [0.25, 0.3) is 17.1 Å². The van der Waals surface area contributed by atoms with Gasteiger partial charge in [-0.2, -0.15) is 10.2 Å². The predicted molar refractivity (Wildman–Crippen MR) is 88.9 cm³/mol. The van der Waals surface area contributed by atoms with E-state index in [0.29, 0.717) is 23.0 Å². The van der Waals surface area contributed by atoms with Gasteiger partial charge in [-0.05, 0) is 26.0 Å². The Bertz CT molecular complexity index is 922. The Morgan fingerprint density at radius 2 is 1.96 bits per heavy atom. The van der Waals surface area contributed by atoms with Crippen LogP contribution in [0.3, 0.4) is 0 Å². The van der Waals surface area contributed by atoms with Crippen LogP contribution in [0.5, 0.6) is 11.5 Å². The van der Waals surface area contributed by atoms with E-state index in [4.69, 9.17) is 9.47 Å². The van der Waals surface area contributed by atoms with Crippen molar-refractivity contribution in [2.24, 2.45) is 0 Å². The van der Waals surface area contributed by atoms with E-state index >= 15 is 0 Å². The van der Waals surface area contributed by atoms with Crippen molar-refractivity contribution in [2.45, 2.75) is 20.4 Å². The molecule has 8 heteroatoms. The molecule has 24 heavy (non-hydrogen) atoms. The lowest BCUT2D eigenvalue weighted by atomic mass is 10.2. The normalized spacial score (nSPS) is 10.8. The van der Waals surface area contributed by atoms with Crippen molar-refractivity contribution in [2.75, 3.05) is 14.2 Å². The highest BCUT2D eigenvalue weighted by Crippen LogP contribution is 2.30. The lowest BCUT2D eigenvalue weighted by Crippen LogP contribution is -2.15. The first-order valence-corrected chi connectivity index (χ1v) is 7.53. The third-order valence-electron chi connectivity index (χ3n) is 3.81. The maximum Gasteiger partial charge on any atom is 0.348 e. The number of aryl methyl sites for hydroxylation is 2. The summed E-state index contributed by atoms with van der Waals surface area (Å²) >= 11 is 0. The van der Waals surface area contributed by atoms with E-state index in [9.17, 15) is 4.79 Å². The summed E-state index contributed by atoms with van der Waals surface area (Å²) in [5, 5.41) is 11.1. The molecule has 3 aromatic rings. The van der Waals surface area contributed by atoms with Crippen LogP contribution in [-0.2, 0) is 6.54 Å². The van der Waals surface area contributed by atoms with Gasteiger partial charge in [-0.3, -0.25) is 4.68 Å². The first-order valence-electron chi connectivity index (χ1n) is 7.53. The highest BCUT2D eigenvalue weighted by atomic mass is 16.5. The van der Waals surface area contributed by atoms with Gasteiger partial charge in [0.05, 0.1) is 31.2 Å². The van der Waals surface area contributed by atoms with E-state index < -0.39 is 0 Å². The number of aromatic nitrogens is 5. The summed E-state index contributed by atoms with van der Waals surface area (Å²) < 4.78 is 13.9.